The molecule has 0 aliphatic carbocycles. The molecule has 0 saturated carbocycles. The van der Waals surface area contributed by atoms with E-state index in [0.29, 0.717) is 5.02 Å². The van der Waals surface area contributed by atoms with E-state index in [1.807, 2.05) is 36.4 Å². The van der Waals surface area contributed by atoms with E-state index in [9.17, 15) is 0 Å². The second-order valence-electron chi connectivity index (χ2n) is 5.08. The number of nitrogens with one attached hydrogen (secondary N) is 1. The van der Waals surface area contributed by atoms with Crippen LogP contribution >= 0.6 is 27.5 Å². The molecule has 0 bridgehead atoms. The van der Waals surface area contributed by atoms with Crippen LogP contribution < -0.4 is 5.32 Å². The molecule has 0 radical (unpaired) electrons. The van der Waals surface area contributed by atoms with Crippen LogP contribution in [-0.4, -0.2) is 0 Å². The summed E-state index contributed by atoms with van der Waals surface area (Å²) in [5, 5.41) is 5.25. The fourth-order valence-electron chi connectivity index (χ4n) is 2.51. The molecule has 3 rings (SSSR count). The Balaban J connectivity index is 1.93. The molecule has 1 heterocycles. The smallest absolute Gasteiger partial charge is 0.134 e. The fraction of sp³-hybridized carbons (Fsp3) is 0.176. The summed E-state index contributed by atoms with van der Waals surface area (Å²) in [5.41, 5.74) is 2.98. The van der Waals surface area contributed by atoms with E-state index in [4.69, 9.17) is 16.0 Å². The summed E-state index contributed by atoms with van der Waals surface area (Å²) < 4.78 is 6.95. The lowest BCUT2D eigenvalue weighted by molar-refractivity contribution is 0.522. The molecular formula is C17H15BrClNO. The van der Waals surface area contributed by atoms with Crippen LogP contribution in [0.15, 0.2) is 51.4 Å². The maximum absolute atomic E-state index is 6.26. The van der Waals surface area contributed by atoms with Gasteiger partial charge in [0.1, 0.15) is 11.3 Å². The van der Waals surface area contributed by atoms with Crippen molar-refractivity contribution in [3.05, 3.63) is 63.3 Å². The number of aryl methyl sites for hydroxylation is 1. The Bertz CT molecular complexity index is 797. The number of benzene rings is 2. The zero-order valence-electron chi connectivity index (χ0n) is 11.8. The maximum Gasteiger partial charge on any atom is 0.134 e. The fourth-order valence-corrected chi connectivity index (χ4v) is 3.24. The van der Waals surface area contributed by atoms with Crippen molar-refractivity contribution in [1.82, 2.24) is 0 Å². The molecule has 1 N–H and O–H groups in total. The molecule has 1 aromatic heterocycles. The average Bonchev–Trinajstić information content (AvgIpc) is 2.80. The first kappa shape index (κ1) is 14.5. The van der Waals surface area contributed by atoms with E-state index in [-0.39, 0.29) is 6.04 Å². The average molecular weight is 365 g/mol. The van der Waals surface area contributed by atoms with Crippen molar-refractivity contribution in [3.63, 3.8) is 0 Å². The zero-order chi connectivity index (χ0) is 15.0. The first-order valence-corrected chi connectivity index (χ1v) is 7.93. The van der Waals surface area contributed by atoms with Gasteiger partial charge in [-0.1, -0.05) is 45.7 Å². The predicted molar refractivity (Wildman–Crippen MR) is 92.1 cm³/mol. The van der Waals surface area contributed by atoms with E-state index >= 15 is 0 Å². The Morgan fingerprint density at radius 2 is 1.95 bits per heavy atom. The third-order valence-corrected chi connectivity index (χ3v) is 4.38. The van der Waals surface area contributed by atoms with Crippen LogP contribution in [-0.2, 0) is 0 Å². The molecule has 0 aliphatic heterocycles. The number of fused-ring (bicyclic) bond motifs is 1. The van der Waals surface area contributed by atoms with Crippen molar-refractivity contribution >= 4 is 44.2 Å². The standard InChI is InChI=1S/C17H15BrClNO/c1-10-13-5-3-4-6-16(13)21-17(10)11(2)20-15-8-7-12(18)9-14(15)19/h3-9,11,20H,1-2H3. The molecule has 108 valence electrons. The van der Waals surface area contributed by atoms with Crippen LogP contribution in [0.2, 0.25) is 5.02 Å². The van der Waals surface area contributed by atoms with Gasteiger partial charge >= 0.3 is 0 Å². The van der Waals surface area contributed by atoms with Gasteiger partial charge in [0, 0.05) is 15.4 Å². The summed E-state index contributed by atoms with van der Waals surface area (Å²) in [5.74, 6) is 0.940. The van der Waals surface area contributed by atoms with Gasteiger partial charge in [0.05, 0.1) is 16.8 Å². The van der Waals surface area contributed by atoms with Gasteiger partial charge in [-0.05, 0) is 38.1 Å². The monoisotopic (exact) mass is 363 g/mol. The highest BCUT2D eigenvalue weighted by molar-refractivity contribution is 9.10. The van der Waals surface area contributed by atoms with Crippen molar-refractivity contribution in [1.29, 1.82) is 0 Å². The Morgan fingerprint density at radius 1 is 1.19 bits per heavy atom. The summed E-state index contributed by atoms with van der Waals surface area (Å²) in [4.78, 5) is 0. The Morgan fingerprint density at radius 3 is 2.67 bits per heavy atom. The molecule has 1 atom stereocenters. The zero-order valence-corrected chi connectivity index (χ0v) is 14.1. The Labute approximate surface area is 137 Å². The molecule has 0 amide bonds. The number of hydrogen-bond acceptors (Lipinski definition) is 2. The second kappa shape index (κ2) is 5.74. The number of anilines is 1. The molecule has 1 unspecified atom stereocenters. The topological polar surface area (TPSA) is 25.2 Å². The van der Waals surface area contributed by atoms with Crippen LogP contribution in [0.3, 0.4) is 0 Å². The maximum atomic E-state index is 6.26. The highest BCUT2D eigenvalue weighted by Gasteiger charge is 2.17. The number of para-hydroxylation sites is 1. The third kappa shape index (κ3) is 2.81. The Kier molecular flexibility index (Phi) is 3.96. The summed E-state index contributed by atoms with van der Waals surface area (Å²) in [7, 11) is 0. The van der Waals surface area contributed by atoms with E-state index in [1.165, 1.54) is 5.56 Å². The van der Waals surface area contributed by atoms with E-state index in [2.05, 4.69) is 41.2 Å². The molecule has 4 heteroatoms. The minimum atomic E-state index is 0.0380. The van der Waals surface area contributed by atoms with Gasteiger partial charge in [-0.3, -0.25) is 0 Å². The predicted octanol–water partition coefficient (Wildman–Crippen LogP) is 6.33. The lowest BCUT2D eigenvalue weighted by Crippen LogP contribution is -2.07. The lowest BCUT2D eigenvalue weighted by atomic mass is 10.1. The minimum absolute atomic E-state index is 0.0380. The van der Waals surface area contributed by atoms with Gasteiger partial charge < -0.3 is 9.73 Å². The van der Waals surface area contributed by atoms with E-state index in [1.54, 1.807) is 0 Å². The number of hydrogen-bond donors (Lipinski definition) is 1. The molecule has 3 aromatic rings. The van der Waals surface area contributed by atoms with Gasteiger partial charge in [-0.2, -0.15) is 0 Å². The molecule has 0 spiro atoms. The van der Waals surface area contributed by atoms with Crippen LogP contribution in [0.4, 0.5) is 5.69 Å². The second-order valence-corrected chi connectivity index (χ2v) is 6.40. The molecule has 0 saturated heterocycles. The van der Waals surface area contributed by atoms with Crippen molar-refractivity contribution < 1.29 is 4.42 Å². The SMILES string of the molecule is Cc1c(C(C)Nc2ccc(Br)cc2Cl)oc2ccccc12. The van der Waals surface area contributed by atoms with Crippen molar-refractivity contribution in [2.75, 3.05) is 5.32 Å². The number of halogens is 2. The number of furan rings is 1. The summed E-state index contributed by atoms with van der Waals surface area (Å²) in [6.07, 6.45) is 0. The summed E-state index contributed by atoms with van der Waals surface area (Å²) in [6.45, 7) is 4.16. The van der Waals surface area contributed by atoms with Crippen molar-refractivity contribution in [3.8, 4) is 0 Å². The molecule has 0 fully saturated rings. The number of rotatable bonds is 3. The summed E-state index contributed by atoms with van der Waals surface area (Å²) >= 11 is 9.67. The first-order chi connectivity index (χ1) is 10.1. The molecule has 2 aromatic carbocycles. The van der Waals surface area contributed by atoms with Gasteiger partial charge in [-0.25, -0.2) is 0 Å². The van der Waals surface area contributed by atoms with Gasteiger partial charge in [0.25, 0.3) is 0 Å². The molecule has 2 nitrogen and oxygen atoms in total. The highest BCUT2D eigenvalue weighted by atomic mass is 79.9. The Hall–Kier alpha value is -1.45. The minimum Gasteiger partial charge on any atom is -0.459 e. The van der Waals surface area contributed by atoms with Gasteiger partial charge in [0.2, 0.25) is 0 Å². The third-order valence-electron chi connectivity index (χ3n) is 3.58. The summed E-state index contributed by atoms with van der Waals surface area (Å²) in [6, 6.07) is 13.9. The largest absolute Gasteiger partial charge is 0.459 e. The van der Waals surface area contributed by atoms with Crippen LogP contribution in [0.5, 0.6) is 0 Å². The van der Waals surface area contributed by atoms with Gasteiger partial charge in [-0.15, -0.1) is 0 Å². The normalized spacial score (nSPS) is 12.6. The van der Waals surface area contributed by atoms with Gasteiger partial charge in [0.15, 0.2) is 0 Å². The first-order valence-electron chi connectivity index (χ1n) is 6.76. The van der Waals surface area contributed by atoms with Crippen molar-refractivity contribution in [2.45, 2.75) is 19.9 Å². The van der Waals surface area contributed by atoms with E-state index in [0.717, 1.165) is 26.9 Å². The highest BCUT2D eigenvalue weighted by Crippen LogP contribution is 2.33. The molecular weight excluding hydrogens is 350 g/mol. The molecule has 21 heavy (non-hydrogen) atoms. The van der Waals surface area contributed by atoms with Crippen molar-refractivity contribution in [2.24, 2.45) is 0 Å². The molecule has 0 aliphatic rings. The lowest BCUT2D eigenvalue weighted by Gasteiger charge is -2.15. The van der Waals surface area contributed by atoms with Crippen LogP contribution in [0.1, 0.15) is 24.3 Å². The van der Waals surface area contributed by atoms with Crippen LogP contribution in [0, 0.1) is 6.92 Å². The van der Waals surface area contributed by atoms with E-state index < -0.39 is 0 Å². The quantitative estimate of drug-likeness (QED) is 0.587. The van der Waals surface area contributed by atoms with Crippen LogP contribution in [0.25, 0.3) is 11.0 Å².